The van der Waals surface area contributed by atoms with Gasteiger partial charge in [-0.1, -0.05) is 30.3 Å². The standard InChI is InChI=1S/C25H21FN2O3/c1-15-8-9-16(2)20(14-15)28-24(29)22(19-6-4-5-7-21(19)31-3)23(25(28)30)27-18-12-10-17(26)11-13-18/h4-14,27H,1-3H3. The molecule has 0 saturated carbocycles. The maximum absolute atomic E-state index is 13.6. The molecule has 3 aromatic rings. The quantitative estimate of drug-likeness (QED) is 0.604. The van der Waals surface area contributed by atoms with Crippen LogP contribution in [0, 0.1) is 19.7 Å². The third-order valence-corrected chi connectivity index (χ3v) is 5.18. The number of methoxy groups -OCH3 is 1. The van der Waals surface area contributed by atoms with Gasteiger partial charge in [-0.3, -0.25) is 9.59 Å². The highest BCUT2D eigenvalue weighted by Gasteiger charge is 2.41. The molecule has 2 amide bonds. The maximum atomic E-state index is 13.6. The van der Waals surface area contributed by atoms with E-state index >= 15 is 0 Å². The molecule has 0 saturated heterocycles. The van der Waals surface area contributed by atoms with Crippen molar-refractivity contribution in [1.82, 2.24) is 0 Å². The number of carbonyl (C=O) groups excluding carboxylic acids is 2. The van der Waals surface area contributed by atoms with E-state index in [1.807, 2.05) is 32.0 Å². The minimum absolute atomic E-state index is 0.113. The van der Waals surface area contributed by atoms with Crippen LogP contribution in [0.3, 0.4) is 0 Å². The molecule has 6 heteroatoms. The van der Waals surface area contributed by atoms with Crippen molar-refractivity contribution in [1.29, 1.82) is 0 Å². The van der Waals surface area contributed by atoms with Gasteiger partial charge in [0.1, 0.15) is 17.3 Å². The zero-order valence-electron chi connectivity index (χ0n) is 17.4. The SMILES string of the molecule is COc1ccccc1C1=C(Nc2ccc(F)cc2)C(=O)N(c2cc(C)ccc2C)C1=O. The van der Waals surface area contributed by atoms with Crippen molar-refractivity contribution in [3.05, 3.63) is 94.9 Å². The van der Waals surface area contributed by atoms with Gasteiger partial charge in [-0.05, 0) is 61.4 Å². The largest absolute Gasteiger partial charge is 0.496 e. The van der Waals surface area contributed by atoms with Crippen molar-refractivity contribution in [2.45, 2.75) is 13.8 Å². The average molecular weight is 416 g/mol. The number of rotatable bonds is 5. The van der Waals surface area contributed by atoms with Crippen LogP contribution in [0.25, 0.3) is 5.57 Å². The van der Waals surface area contributed by atoms with E-state index in [1.165, 1.54) is 36.3 Å². The van der Waals surface area contributed by atoms with Gasteiger partial charge in [0.25, 0.3) is 11.8 Å². The fraction of sp³-hybridized carbons (Fsp3) is 0.120. The molecule has 0 radical (unpaired) electrons. The number of halogens is 1. The Kier molecular flexibility index (Phi) is 5.29. The van der Waals surface area contributed by atoms with E-state index in [0.29, 0.717) is 22.7 Å². The highest BCUT2D eigenvalue weighted by atomic mass is 19.1. The number of imide groups is 1. The van der Waals surface area contributed by atoms with E-state index in [9.17, 15) is 14.0 Å². The molecule has 0 atom stereocenters. The molecule has 0 unspecified atom stereocenters. The molecule has 5 nitrogen and oxygen atoms in total. The van der Waals surface area contributed by atoms with Gasteiger partial charge < -0.3 is 10.1 Å². The molecule has 0 spiro atoms. The highest BCUT2D eigenvalue weighted by Crippen LogP contribution is 2.38. The number of nitrogens with zero attached hydrogens (tertiary/aromatic N) is 1. The van der Waals surface area contributed by atoms with Crippen LogP contribution >= 0.6 is 0 Å². The minimum atomic E-state index is -0.482. The molecule has 156 valence electrons. The fourth-order valence-electron chi connectivity index (χ4n) is 3.60. The first kappa shape index (κ1) is 20.3. The van der Waals surface area contributed by atoms with Crippen molar-refractivity contribution in [3.63, 3.8) is 0 Å². The van der Waals surface area contributed by atoms with Gasteiger partial charge in [0, 0.05) is 11.3 Å². The molecule has 0 bridgehead atoms. The summed E-state index contributed by atoms with van der Waals surface area (Å²) in [4.78, 5) is 28.3. The topological polar surface area (TPSA) is 58.6 Å². The smallest absolute Gasteiger partial charge is 0.282 e. The van der Waals surface area contributed by atoms with Crippen molar-refractivity contribution in [2.75, 3.05) is 17.3 Å². The molecule has 31 heavy (non-hydrogen) atoms. The van der Waals surface area contributed by atoms with E-state index in [1.54, 1.807) is 24.3 Å². The Morgan fingerprint density at radius 2 is 1.61 bits per heavy atom. The van der Waals surface area contributed by atoms with Crippen LogP contribution in [-0.2, 0) is 9.59 Å². The molecule has 3 aromatic carbocycles. The molecule has 1 aliphatic rings. The predicted molar refractivity (Wildman–Crippen MR) is 118 cm³/mol. The second-order valence-corrected chi connectivity index (χ2v) is 7.32. The van der Waals surface area contributed by atoms with E-state index < -0.39 is 17.6 Å². The summed E-state index contributed by atoms with van der Waals surface area (Å²) < 4.78 is 18.8. The summed E-state index contributed by atoms with van der Waals surface area (Å²) in [5.41, 5.74) is 3.57. The first-order chi connectivity index (χ1) is 14.9. The number of para-hydroxylation sites is 1. The first-order valence-corrected chi connectivity index (χ1v) is 9.77. The van der Waals surface area contributed by atoms with Crippen molar-refractivity contribution in [3.8, 4) is 5.75 Å². The number of ether oxygens (including phenoxy) is 1. The van der Waals surface area contributed by atoms with Gasteiger partial charge in [-0.25, -0.2) is 9.29 Å². The van der Waals surface area contributed by atoms with Crippen LogP contribution < -0.4 is 15.0 Å². The molecule has 4 rings (SSSR count). The van der Waals surface area contributed by atoms with E-state index in [4.69, 9.17) is 4.74 Å². The monoisotopic (exact) mass is 416 g/mol. The number of amides is 2. The lowest BCUT2D eigenvalue weighted by atomic mass is 10.0. The van der Waals surface area contributed by atoms with Gasteiger partial charge in [-0.2, -0.15) is 0 Å². The number of anilines is 2. The number of hydrogen-bond donors (Lipinski definition) is 1. The lowest BCUT2D eigenvalue weighted by molar-refractivity contribution is -0.120. The number of benzene rings is 3. The van der Waals surface area contributed by atoms with E-state index in [-0.39, 0.29) is 11.3 Å². The van der Waals surface area contributed by atoms with Crippen LogP contribution in [0.4, 0.5) is 15.8 Å². The molecular formula is C25H21FN2O3. The van der Waals surface area contributed by atoms with Crippen LogP contribution in [0.15, 0.2) is 72.4 Å². The Bertz CT molecular complexity index is 1220. The number of nitrogens with one attached hydrogen (secondary N) is 1. The first-order valence-electron chi connectivity index (χ1n) is 9.77. The number of carbonyl (C=O) groups is 2. The van der Waals surface area contributed by atoms with E-state index in [2.05, 4.69) is 5.32 Å². The fourth-order valence-corrected chi connectivity index (χ4v) is 3.60. The van der Waals surface area contributed by atoms with Gasteiger partial charge in [0.15, 0.2) is 0 Å². The van der Waals surface area contributed by atoms with Crippen LogP contribution in [0.2, 0.25) is 0 Å². The zero-order chi connectivity index (χ0) is 22.1. The van der Waals surface area contributed by atoms with Gasteiger partial charge in [0.05, 0.1) is 18.4 Å². The Morgan fingerprint density at radius 1 is 0.903 bits per heavy atom. The van der Waals surface area contributed by atoms with Crippen molar-refractivity contribution in [2.24, 2.45) is 0 Å². The summed E-state index contributed by atoms with van der Waals surface area (Å²) in [6.45, 7) is 3.75. The molecule has 1 heterocycles. The molecule has 1 aliphatic heterocycles. The summed E-state index contributed by atoms with van der Waals surface area (Å²) in [6, 6.07) is 18.2. The summed E-state index contributed by atoms with van der Waals surface area (Å²) >= 11 is 0. The Morgan fingerprint density at radius 3 is 2.32 bits per heavy atom. The summed E-state index contributed by atoms with van der Waals surface area (Å²) in [6.07, 6.45) is 0. The van der Waals surface area contributed by atoms with Gasteiger partial charge in [-0.15, -0.1) is 0 Å². The Labute approximate surface area is 179 Å². The van der Waals surface area contributed by atoms with Crippen molar-refractivity contribution >= 4 is 28.8 Å². The van der Waals surface area contributed by atoms with Crippen LogP contribution in [-0.4, -0.2) is 18.9 Å². The lowest BCUT2D eigenvalue weighted by Crippen LogP contribution is -2.33. The highest BCUT2D eigenvalue weighted by molar-refractivity contribution is 6.46. The van der Waals surface area contributed by atoms with Crippen LogP contribution in [0.1, 0.15) is 16.7 Å². The van der Waals surface area contributed by atoms with Crippen LogP contribution in [0.5, 0.6) is 5.75 Å². The summed E-state index contributed by atoms with van der Waals surface area (Å²) in [5, 5.41) is 3.03. The molecule has 0 aromatic heterocycles. The van der Waals surface area contributed by atoms with Crippen molar-refractivity contribution < 1.29 is 18.7 Å². The number of aryl methyl sites for hydroxylation is 2. The molecule has 1 N–H and O–H groups in total. The second kappa shape index (κ2) is 8.07. The predicted octanol–water partition coefficient (Wildman–Crippen LogP) is 4.85. The van der Waals surface area contributed by atoms with E-state index in [0.717, 1.165) is 11.1 Å². The molecule has 0 fully saturated rings. The third kappa shape index (κ3) is 3.68. The summed E-state index contributed by atoms with van der Waals surface area (Å²) in [7, 11) is 1.51. The zero-order valence-corrected chi connectivity index (χ0v) is 17.4. The van der Waals surface area contributed by atoms with Gasteiger partial charge >= 0.3 is 0 Å². The Balaban J connectivity index is 1.88. The Hall–Kier alpha value is -3.93. The minimum Gasteiger partial charge on any atom is -0.496 e. The third-order valence-electron chi connectivity index (χ3n) is 5.18. The molecular weight excluding hydrogens is 395 g/mol. The molecule has 0 aliphatic carbocycles. The second-order valence-electron chi connectivity index (χ2n) is 7.32. The average Bonchev–Trinajstić information content (AvgIpc) is 3.00. The maximum Gasteiger partial charge on any atom is 0.282 e. The summed E-state index contributed by atoms with van der Waals surface area (Å²) in [5.74, 6) is -0.855. The van der Waals surface area contributed by atoms with Gasteiger partial charge in [0.2, 0.25) is 0 Å². The normalized spacial score (nSPS) is 13.7. The lowest BCUT2D eigenvalue weighted by Gasteiger charge is -2.18. The number of hydrogen-bond acceptors (Lipinski definition) is 4.